The van der Waals surface area contributed by atoms with Crippen molar-refractivity contribution in [2.45, 2.75) is 0 Å². The first-order valence-electron chi connectivity index (χ1n) is 9.01. The predicted molar refractivity (Wildman–Crippen MR) is 108 cm³/mol. The van der Waals surface area contributed by atoms with Crippen molar-refractivity contribution < 1.29 is 28.5 Å². The number of methoxy groups -OCH3 is 1. The highest BCUT2D eigenvalue weighted by Crippen LogP contribution is 2.36. The molecular formula is C21H18BrNO6. The molecule has 2 aromatic carbocycles. The molecular weight excluding hydrogens is 442 g/mol. The second-order valence-electron chi connectivity index (χ2n) is 6.45. The highest BCUT2D eigenvalue weighted by molar-refractivity contribution is 9.10. The van der Waals surface area contributed by atoms with Crippen LogP contribution in [-0.4, -0.2) is 50.2 Å². The van der Waals surface area contributed by atoms with E-state index in [0.29, 0.717) is 54.7 Å². The first-order valence-corrected chi connectivity index (χ1v) is 9.81. The lowest BCUT2D eigenvalue weighted by Crippen LogP contribution is -2.42. The van der Waals surface area contributed by atoms with Crippen LogP contribution < -0.4 is 14.2 Å². The van der Waals surface area contributed by atoms with E-state index in [2.05, 4.69) is 15.9 Å². The Balaban J connectivity index is 1.54. The molecule has 2 heterocycles. The molecule has 0 N–H and O–H groups in total. The number of hydrogen-bond acceptors (Lipinski definition) is 6. The molecule has 4 rings (SSSR count). The minimum Gasteiger partial charge on any atom is -0.496 e. The Hall–Kier alpha value is -2.84. The van der Waals surface area contributed by atoms with Crippen LogP contribution in [0.2, 0.25) is 0 Å². The number of halogens is 1. The molecule has 1 amide bonds. The SMILES string of the molecule is COc1ccc(Br)cc1C=C1Oc2cc(OC(=O)N3CCOCC3)ccc2C1=O. The van der Waals surface area contributed by atoms with Gasteiger partial charge >= 0.3 is 6.09 Å². The predicted octanol–water partition coefficient (Wildman–Crippen LogP) is 3.90. The Labute approximate surface area is 175 Å². The van der Waals surface area contributed by atoms with Gasteiger partial charge in [0.05, 0.1) is 25.9 Å². The Morgan fingerprint density at radius 3 is 2.72 bits per heavy atom. The number of carbonyl (C=O) groups excluding carboxylic acids is 2. The molecule has 2 aromatic rings. The molecule has 0 spiro atoms. The van der Waals surface area contributed by atoms with Gasteiger partial charge in [-0.1, -0.05) is 15.9 Å². The van der Waals surface area contributed by atoms with E-state index in [-0.39, 0.29) is 11.5 Å². The number of fused-ring (bicyclic) bond motifs is 1. The summed E-state index contributed by atoms with van der Waals surface area (Å²) in [6, 6.07) is 10.2. The van der Waals surface area contributed by atoms with Crippen molar-refractivity contribution in [3.05, 3.63) is 57.8 Å². The van der Waals surface area contributed by atoms with E-state index in [0.717, 1.165) is 4.47 Å². The van der Waals surface area contributed by atoms with E-state index >= 15 is 0 Å². The Morgan fingerprint density at radius 2 is 1.97 bits per heavy atom. The summed E-state index contributed by atoms with van der Waals surface area (Å²) in [5, 5.41) is 0. The van der Waals surface area contributed by atoms with Crippen LogP contribution in [0.4, 0.5) is 4.79 Å². The molecule has 0 aliphatic carbocycles. The fourth-order valence-corrected chi connectivity index (χ4v) is 3.48. The van der Waals surface area contributed by atoms with Crippen LogP contribution in [0.3, 0.4) is 0 Å². The van der Waals surface area contributed by atoms with Crippen molar-refractivity contribution >= 4 is 33.9 Å². The molecule has 0 aromatic heterocycles. The number of nitrogens with zero attached hydrogens (tertiary/aromatic N) is 1. The van der Waals surface area contributed by atoms with Crippen molar-refractivity contribution in [3.63, 3.8) is 0 Å². The molecule has 0 bridgehead atoms. The maximum Gasteiger partial charge on any atom is 0.415 e. The summed E-state index contributed by atoms with van der Waals surface area (Å²) in [5.74, 6) is 1.21. The zero-order chi connectivity index (χ0) is 20.4. The zero-order valence-electron chi connectivity index (χ0n) is 15.6. The monoisotopic (exact) mass is 459 g/mol. The fourth-order valence-electron chi connectivity index (χ4n) is 3.10. The lowest BCUT2D eigenvalue weighted by Gasteiger charge is -2.25. The summed E-state index contributed by atoms with van der Waals surface area (Å²) < 4.78 is 22.6. The van der Waals surface area contributed by atoms with Crippen LogP contribution in [0, 0.1) is 0 Å². The fraction of sp³-hybridized carbons (Fsp3) is 0.238. The molecule has 0 atom stereocenters. The normalized spacial score (nSPS) is 17.1. The van der Waals surface area contributed by atoms with Crippen LogP contribution in [0.1, 0.15) is 15.9 Å². The van der Waals surface area contributed by atoms with Gasteiger partial charge in [-0.3, -0.25) is 4.79 Å². The number of rotatable bonds is 3. The Morgan fingerprint density at radius 1 is 1.17 bits per heavy atom. The van der Waals surface area contributed by atoms with Gasteiger partial charge in [0.1, 0.15) is 17.2 Å². The largest absolute Gasteiger partial charge is 0.496 e. The van der Waals surface area contributed by atoms with E-state index in [1.165, 1.54) is 0 Å². The van der Waals surface area contributed by atoms with Gasteiger partial charge in [0.25, 0.3) is 0 Å². The summed E-state index contributed by atoms with van der Waals surface area (Å²) in [4.78, 5) is 26.5. The van der Waals surface area contributed by atoms with Crippen LogP contribution in [0.5, 0.6) is 17.2 Å². The maximum atomic E-state index is 12.7. The third-order valence-corrected chi connectivity index (χ3v) is 5.09. The highest BCUT2D eigenvalue weighted by atomic mass is 79.9. The van der Waals surface area contributed by atoms with Crippen molar-refractivity contribution in [3.8, 4) is 17.2 Å². The minimum atomic E-state index is -0.452. The summed E-state index contributed by atoms with van der Waals surface area (Å²) in [6.07, 6.45) is 1.18. The second kappa shape index (κ2) is 8.26. The number of Topliss-reactive ketones (excluding diaryl/α,β-unsaturated/α-hetero) is 1. The third-order valence-electron chi connectivity index (χ3n) is 4.59. The number of benzene rings is 2. The standard InChI is InChI=1S/C21H18BrNO6/c1-26-17-5-2-14(22)10-13(17)11-19-20(24)16-4-3-15(12-18(16)29-19)28-21(25)23-6-8-27-9-7-23/h2-5,10-12H,6-9H2,1H3. The molecule has 29 heavy (non-hydrogen) atoms. The van der Waals surface area contributed by atoms with Gasteiger partial charge in [-0.05, 0) is 36.4 Å². The lowest BCUT2D eigenvalue weighted by atomic mass is 10.1. The van der Waals surface area contributed by atoms with Crippen LogP contribution >= 0.6 is 15.9 Å². The van der Waals surface area contributed by atoms with E-state index in [9.17, 15) is 9.59 Å². The van der Waals surface area contributed by atoms with Gasteiger partial charge in [0.2, 0.25) is 5.78 Å². The molecule has 8 heteroatoms. The number of allylic oxidation sites excluding steroid dienone is 1. The third kappa shape index (κ3) is 4.13. The molecule has 2 aliphatic rings. The van der Waals surface area contributed by atoms with Crippen molar-refractivity contribution in [1.29, 1.82) is 0 Å². The van der Waals surface area contributed by atoms with Crippen molar-refractivity contribution in [2.75, 3.05) is 33.4 Å². The number of carbonyl (C=O) groups is 2. The number of hydrogen-bond donors (Lipinski definition) is 0. The molecule has 0 saturated carbocycles. The van der Waals surface area contributed by atoms with Gasteiger partial charge in [-0.15, -0.1) is 0 Å². The smallest absolute Gasteiger partial charge is 0.415 e. The van der Waals surface area contributed by atoms with Crippen LogP contribution in [0.15, 0.2) is 46.6 Å². The van der Waals surface area contributed by atoms with E-state index in [1.807, 2.05) is 12.1 Å². The van der Waals surface area contributed by atoms with E-state index < -0.39 is 6.09 Å². The number of ether oxygens (including phenoxy) is 4. The van der Waals surface area contributed by atoms with Gasteiger partial charge in [0.15, 0.2) is 5.76 Å². The van der Waals surface area contributed by atoms with Gasteiger partial charge in [-0.25, -0.2) is 4.79 Å². The van der Waals surface area contributed by atoms with Gasteiger partial charge < -0.3 is 23.8 Å². The summed E-state index contributed by atoms with van der Waals surface area (Å²) in [6.45, 7) is 1.95. The van der Waals surface area contributed by atoms with Crippen molar-refractivity contribution in [2.24, 2.45) is 0 Å². The average Bonchev–Trinajstić information content (AvgIpc) is 3.03. The maximum absolute atomic E-state index is 12.7. The molecule has 150 valence electrons. The van der Waals surface area contributed by atoms with Crippen LogP contribution in [-0.2, 0) is 4.74 Å². The molecule has 2 aliphatic heterocycles. The topological polar surface area (TPSA) is 74.3 Å². The number of morpholine rings is 1. The molecule has 0 radical (unpaired) electrons. The van der Waals surface area contributed by atoms with E-state index in [4.69, 9.17) is 18.9 Å². The Kier molecular flexibility index (Phi) is 5.55. The van der Waals surface area contributed by atoms with Crippen molar-refractivity contribution in [1.82, 2.24) is 4.90 Å². The molecule has 0 unspecified atom stereocenters. The van der Waals surface area contributed by atoms with E-state index in [1.54, 1.807) is 42.4 Å². The Bertz CT molecular complexity index is 997. The summed E-state index contributed by atoms with van der Waals surface area (Å²) >= 11 is 3.41. The summed E-state index contributed by atoms with van der Waals surface area (Å²) in [7, 11) is 1.56. The summed E-state index contributed by atoms with van der Waals surface area (Å²) in [5.41, 5.74) is 1.12. The minimum absolute atomic E-state index is 0.174. The van der Waals surface area contributed by atoms with Gasteiger partial charge in [0, 0.05) is 29.2 Å². The molecule has 7 nitrogen and oxygen atoms in total. The van der Waals surface area contributed by atoms with Crippen LogP contribution in [0.25, 0.3) is 6.08 Å². The average molecular weight is 460 g/mol. The quantitative estimate of drug-likeness (QED) is 0.647. The number of amides is 1. The molecule has 1 fully saturated rings. The lowest BCUT2D eigenvalue weighted by molar-refractivity contribution is 0.0416. The highest BCUT2D eigenvalue weighted by Gasteiger charge is 2.29. The first-order chi connectivity index (χ1) is 14.0. The number of ketones is 1. The van der Waals surface area contributed by atoms with Gasteiger partial charge in [-0.2, -0.15) is 0 Å². The zero-order valence-corrected chi connectivity index (χ0v) is 17.2. The second-order valence-corrected chi connectivity index (χ2v) is 7.37. The molecule has 1 saturated heterocycles. The first kappa shape index (κ1) is 19.5.